The summed E-state index contributed by atoms with van der Waals surface area (Å²) in [4.78, 5) is 13.2. The molecule has 0 aliphatic heterocycles. The van der Waals surface area contributed by atoms with Gasteiger partial charge in [0.2, 0.25) is 5.58 Å². The maximum Gasteiger partial charge on any atom is 0.419 e. The highest BCUT2D eigenvalue weighted by atomic mass is 19.4. The number of nitrogens with zero attached hydrogens (tertiary/aromatic N) is 3. The van der Waals surface area contributed by atoms with Crippen molar-refractivity contribution in [3.8, 4) is 28.5 Å². The highest BCUT2D eigenvalue weighted by Crippen LogP contribution is 2.38. The Labute approximate surface area is 191 Å². The van der Waals surface area contributed by atoms with Gasteiger partial charge in [0.05, 0.1) is 44.7 Å². The summed E-state index contributed by atoms with van der Waals surface area (Å²) >= 11 is 0. The number of alkyl halides is 3. The highest BCUT2D eigenvalue weighted by Gasteiger charge is 2.34. The fraction of sp³-hybridized carbons (Fsp3) is 0.261. The van der Waals surface area contributed by atoms with Gasteiger partial charge in [-0.25, -0.2) is 4.68 Å². The average Bonchev–Trinajstić information content (AvgIpc) is 3.21. The van der Waals surface area contributed by atoms with Crippen LogP contribution in [-0.2, 0) is 12.7 Å². The third-order valence-corrected chi connectivity index (χ3v) is 5.31. The second kappa shape index (κ2) is 8.73. The van der Waals surface area contributed by atoms with Gasteiger partial charge in [0.15, 0.2) is 0 Å². The topological polar surface area (TPSA) is 88.6 Å². The molecule has 0 aliphatic carbocycles. The Morgan fingerprint density at radius 2 is 1.71 bits per heavy atom. The molecule has 0 atom stereocenters. The molecule has 2 heterocycles. The molecule has 0 aliphatic rings. The molecule has 0 radical (unpaired) electrons. The van der Waals surface area contributed by atoms with Crippen LogP contribution in [0.25, 0.3) is 22.2 Å². The Kier molecular flexibility index (Phi) is 5.94. The highest BCUT2D eigenvalue weighted by molar-refractivity contribution is 5.92. The largest absolute Gasteiger partial charge is 0.497 e. The van der Waals surface area contributed by atoms with E-state index < -0.39 is 17.3 Å². The third kappa shape index (κ3) is 4.04. The number of halogens is 3. The van der Waals surface area contributed by atoms with E-state index in [1.165, 1.54) is 26.4 Å². The molecule has 8 nitrogen and oxygen atoms in total. The number of hydrogen-bond acceptors (Lipinski definition) is 7. The van der Waals surface area contributed by atoms with Gasteiger partial charge in [0, 0.05) is 0 Å². The minimum atomic E-state index is -4.63. The molecule has 4 rings (SSSR count). The van der Waals surface area contributed by atoms with Crippen LogP contribution in [0.3, 0.4) is 0 Å². The third-order valence-electron chi connectivity index (χ3n) is 5.31. The Hall–Kier alpha value is -4.02. The van der Waals surface area contributed by atoms with Crippen LogP contribution in [0, 0.1) is 6.92 Å². The summed E-state index contributed by atoms with van der Waals surface area (Å²) in [7, 11) is 4.13. The fourth-order valence-corrected chi connectivity index (χ4v) is 3.65. The van der Waals surface area contributed by atoms with Crippen molar-refractivity contribution < 1.29 is 31.9 Å². The second-order valence-electron chi connectivity index (χ2n) is 7.38. The van der Waals surface area contributed by atoms with Crippen molar-refractivity contribution in [2.45, 2.75) is 19.6 Å². The number of benzene rings is 2. The molecule has 178 valence electrons. The van der Waals surface area contributed by atoms with Gasteiger partial charge in [-0.1, -0.05) is 11.2 Å². The lowest BCUT2D eigenvalue weighted by atomic mass is 10.1. The number of aryl methyl sites for hydroxylation is 1. The summed E-state index contributed by atoms with van der Waals surface area (Å²) in [5, 5.41) is 8.48. The van der Waals surface area contributed by atoms with Gasteiger partial charge in [0.25, 0.3) is 5.56 Å². The molecule has 0 saturated carbocycles. The van der Waals surface area contributed by atoms with Gasteiger partial charge in [0.1, 0.15) is 28.3 Å². The lowest BCUT2D eigenvalue weighted by molar-refractivity contribution is -0.138. The monoisotopic (exact) mass is 475 g/mol. The zero-order valence-corrected chi connectivity index (χ0v) is 18.7. The summed E-state index contributed by atoms with van der Waals surface area (Å²) in [5.41, 5.74) is -0.139. The van der Waals surface area contributed by atoms with Crippen LogP contribution in [0.2, 0.25) is 0 Å². The van der Waals surface area contributed by atoms with Crippen molar-refractivity contribution in [2.24, 2.45) is 0 Å². The lowest BCUT2D eigenvalue weighted by Crippen LogP contribution is -2.24. The smallest absolute Gasteiger partial charge is 0.419 e. The average molecular weight is 475 g/mol. The summed E-state index contributed by atoms with van der Waals surface area (Å²) in [6, 6.07) is 8.60. The molecule has 0 saturated heterocycles. The molecular formula is C23H20F3N3O5. The van der Waals surface area contributed by atoms with E-state index in [4.69, 9.17) is 18.7 Å². The molecule has 0 N–H and O–H groups in total. The SMILES string of the molecule is COc1ccc(OC)c(-c2nn(Cc3ccc(OC)c(C(F)(F)F)c3)c(=O)c3c(C)noc23)c1. The van der Waals surface area contributed by atoms with Gasteiger partial charge in [-0.15, -0.1) is 0 Å². The number of fused-ring (bicyclic) bond motifs is 1. The first-order chi connectivity index (χ1) is 16.2. The van der Waals surface area contributed by atoms with E-state index in [0.29, 0.717) is 22.8 Å². The predicted molar refractivity (Wildman–Crippen MR) is 116 cm³/mol. The molecule has 2 aromatic heterocycles. The standard InChI is InChI=1S/C23H20F3N3O5/c1-12-19-21(34-28-12)20(15-10-14(31-2)6-8-17(15)32-3)27-29(22(19)30)11-13-5-7-18(33-4)16(9-13)23(24,25)26/h5-10H,11H2,1-4H3. The molecule has 0 unspecified atom stereocenters. The van der Waals surface area contributed by atoms with Crippen molar-refractivity contribution in [2.75, 3.05) is 21.3 Å². The van der Waals surface area contributed by atoms with Crippen LogP contribution in [0.1, 0.15) is 16.8 Å². The first-order valence-corrected chi connectivity index (χ1v) is 10.0. The van der Waals surface area contributed by atoms with Gasteiger partial charge < -0.3 is 18.7 Å². The lowest BCUT2D eigenvalue weighted by Gasteiger charge is -2.15. The second-order valence-corrected chi connectivity index (χ2v) is 7.38. The number of rotatable bonds is 6. The summed E-state index contributed by atoms with van der Waals surface area (Å²) in [6.07, 6.45) is -4.63. The first kappa shape index (κ1) is 23.1. The van der Waals surface area contributed by atoms with E-state index in [-0.39, 0.29) is 34.5 Å². The Bertz CT molecular complexity index is 1430. The van der Waals surface area contributed by atoms with E-state index in [9.17, 15) is 18.0 Å². The van der Waals surface area contributed by atoms with Gasteiger partial charge in [-0.05, 0) is 42.8 Å². The Balaban J connectivity index is 1.92. The maximum atomic E-state index is 13.5. The Morgan fingerprint density at radius 1 is 1.00 bits per heavy atom. The van der Waals surface area contributed by atoms with Gasteiger partial charge >= 0.3 is 6.18 Å². The quantitative estimate of drug-likeness (QED) is 0.407. The molecule has 11 heteroatoms. The molecule has 0 spiro atoms. The molecule has 0 amide bonds. The fourth-order valence-electron chi connectivity index (χ4n) is 3.65. The number of methoxy groups -OCH3 is 3. The van der Waals surface area contributed by atoms with Crippen molar-refractivity contribution in [3.63, 3.8) is 0 Å². The minimum absolute atomic E-state index is 0.135. The summed E-state index contributed by atoms with van der Waals surface area (Å²) in [6.45, 7) is 1.37. The van der Waals surface area contributed by atoms with Crippen LogP contribution >= 0.6 is 0 Å². The summed E-state index contributed by atoms with van der Waals surface area (Å²) in [5.74, 6) is 0.617. The molecule has 34 heavy (non-hydrogen) atoms. The minimum Gasteiger partial charge on any atom is -0.497 e. The van der Waals surface area contributed by atoms with Crippen molar-refractivity contribution in [1.29, 1.82) is 0 Å². The number of ether oxygens (including phenoxy) is 3. The molecule has 0 bridgehead atoms. The predicted octanol–water partition coefficient (Wildman–Crippen LogP) is 4.45. The van der Waals surface area contributed by atoms with Gasteiger partial charge in [-0.2, -0.15) is 18.3 Å². The van der Waals surface area contributed by atoms with Crippen molar-refractivity contribution in [3.05, 3.63) is 63.6 Å². The van der Waals surface area contributed by atoms with Crippen LogP contribution in [-0.4, -0.2) is 36.3 Å². The maximum absolute atomic E-state index is 13.5. The molecular weight excluding hydrogens is 455 g/mol. The van der Waals surface area contributed by atoms with Crippen LogP contribution < -0.4 is 19.8 Å². The van der Waals surface area contributed by atoms with Crippen molar-refractivity contribution >= 4 is 11.0 Å². The van der Waals surface area contributed by atoms with Gasteiger partial charge in [-0.3, -0.25) is 4.79 Å². The van der Waals surface area contributed by atoms with E-state index in [1.807, 2.05) is 0 Å². The molecule has 4 aromatic rings. The molecule has 0 fully saturated rings. The normalized spacial score (nSPS) is 11.6. The van der Waals surface area contributed by atoms with E-state index in [0.717, 1.165) is 17.9 Å². The van der Waals surface area contributed by atoms with Crippen LogP contribution in [0.4, 0.5) is 13.2 Å². The molecule has 2 aromatic carbocycles. The van der Waals surface area contributed by atoms with Crippen LogP contribution in [0.5, 0.6) is 17.2 Å². The zero-order chi connectivity index (χ0) is 24.6. The number of hydrogen-bond donors (Lipinski definition) is 0. The van der Waals surface area contributed by atoms with E-state index in [1.54, 1.807) is 25.1 Å². The summed E-state index contributed by atoms with van der Waals surface area (Å²) < 4.78 is 62.5. The number of aromatic nitrogens is 3. The van der Waals surface area contributed by atoms with Crippen molar-refractivity contribution in [1.82, 2.24) is 14.9 Å². The van der Waals surface area contributed by atoms with E-state index >= 15 is 0 Å². The zero-order valence-electron chi connectivity index (χ0n) is 18.7. The van der Waals surface area contributed by atoms with Crippen LogP contribution in [0.15, 0.2) is 45.7 Å². The van der Waals surface area contributed by atoms with E-state index in [2.05, 4.69) is 10.3 Å². The Morgan fingerprint density at radius 3 is 2.35 bits per heavy atom. The first-order valence-electron chi connectivity index (χ1n) is 10.0.